The van der Waals surface area contributed by atoms with Crippen molar-refractivity contribution in [3.8, 4) is 5.75 Å². The summed E-state index contributed by atoms with van der Waals surface area (Å²) in [5.41, 5.74) is 1.19. The third kappa shape index (κ3) is 4.52. The molecule has 28 heavy (non-hydrogen) atoms. The Morgan fingerprint density at radius 2 is 2.04 bits per heavy atom. The summed E-state index contributed by atoms with van der Waals surface area (Å²) in [6.07, 6.45) is 1.39. The maximum absolute atomic E-state index is 12.5. The van der Waals surface area contributed by atoms with Gasteiger partial charge in [0.2, 0.25) is 0 Å². The lowest BCUT2D eigenvalue weighted by Gasteiger charge is -2.13. The van der Waals surface area contributed by atoms with E-state index in [1.165, 1.54) is 24.3 Å². The first kappa shape index (κ1) is 19.9. The number of nitro groups is 1. The highest BCUT2D eigenvalue weighted by Crippen LogP contribution is 2.34. The molecule has 1 saturated heterocycles. The van der Waals surface area contributed by atoms with Crippen LogP contribution in [0.2, 0.25) is 5.02 Å². The molecule has 1 aliphatic heterocycles. The normalized spacial score (nSPS) is 15.4. The van der Waals surface area contributed by atoms with Crippen LogP contribution in [0.3, 0.4) is 0 Å². The topological polar surface area (TPSA) is 89.8 Å². The number of non-ortho nitro benzene ring substituents is 1. The number of ether oxygens (including phenoxy) is 1. The van der Waals surface area contributed by atoms with E-state index in [-0.39, 0.29) is 28.8 Å². The fraction of sp³-hybridized carbons (Fsp3) is 0.158. The number of carbonyl (C=O) groups is 2. The molecule has 9 heteroatoms. The number of hydrogen-bond donors (Lipinski definition) is 0. The van der Waals surface area contributed by atoms with Crippen LogP contribution < -0.4 is 4.74 Å². The molecule has 0 unspecified atom stereocenters. The second-order valence-corrected chi connectivity index (χ2v) is 7.36. The van der Waals surface area contributed by atoms with Crippen LogP contribution in [0.4, 0.5) is 10.5 Å². The zero-order valence-electron chi connectivity index (χ0n) is 14.8. The summed E-state index contributed by atoms with van der Waals surface area (Å²) in [6, 6.07) is 11.4. The fourth-order valence-electron chi connectivity index (χ4n) is 2.55. The van der Waals surface area contributed by atoms with Crippen LogP contribution in [0.15, 0.2) is 47.4 Å². The van der Waals surface area contributed by atoms with E-state index in [1.54, 1.807) is 6.07 Å². The van der Waals surface area contributed by atoms with Gasteiger partial charge in [-0.2, -0.15) is 0 Å². The molecular weight excluding hydrogens is 404 g/mol. The molecule has 1 fully saturated rings. The van der Waals surface area contributed by atoms with Crippen LogP contribution in [0.1, 0.15) is 11.1 Å². The minimum absolute atomic E-state index is 0.0959. The first-order valence-electron chi connectivity index (χ1n) is 8.24. The number of aryl methyl sites for hydroxylation is 1. The number of carbonyl (C=O) groups excluding carboxylic acids is 2. The Morgan fingerprint density at radius 1 is 1.25 bits per heavy atom. The largest absolute Gasteiger partial charge is 0.492 e. The Labute approximate surface area is 170 Å². The third-order valence-electron chi connectivity index (χ3n) is 3.92. The number of hydrogen-bond acceptors (Lipinski definition) is 6. The monoisotopic (exact) mass is 418 g/mol. The first-order valence-corrected chi connectivity index (χ1v) is 9.43. The van der Waals surface area contributed by atoms with Gasteiger partial charge in [-0.1, -0.05) is 23.7 Å². The number of rotatable bonds is 6. The van der Waals surface area contributed by atoms with Gasteiger partial charge in [-0.15, -0.1) is 0 Å². The van der Waals surface area contributed by atoms with Crippen molar-refractivity contribution in [2.45, 2.75) is 6.92 Å². The smallest absolute Gasteiger partial charge is 0.293 e. The van der Waals surface area contributed by atoms with Crippen molar-refractivity contribution >= 4 is 46.3 Å². The Balaban J connectivity index is 1.70. The summed E-state index contributed by atoms with van der Waals surface area (Å²) in [7, 11) is 0. The van der Waals surface area contributed by atoms with Gasteiger partial charge in [-0.25, -0.2) is 0 Å². The molecule has 0 N–H and O–H groups in total. The lowest BCUT2D eigenvalue weighted by molar-refractivity contribution is -0.384. The predicted octanol–water partition coefficient (Wildman–Crippen LogP) is 4.67. The Kier molecular flexibility index (Phi) is 6.01. The zero-order chi connectivity index (χ0) is 20.3. The van der Waals surface area contributed by atoms with Crippen molar-refractivity contribution < 1.29 is 19.2 Å². The van der Waals surface area contributed by atoms with Crippen LogP contribution in [0.25, 0.3) is 6.08 Å². The summed E-state index contributed by atoms with van der Waals surface area (Å²) in [5, 5.41) is 10.7. The summed E-state index contributed by atoms with van der Waals surface area (Å²) < 4.78 is 5.59. The molecule has 2 amide bonds. The van der Waals surface area contributed by atoms with Gasteiger partial charge in [-0.3, -0.25) is 24.6 Å². The van der Waals surface area contributed by atoms with Gasteiger partial charge in [0.25, 0.3) is 16.8 Å². The van der Waals surface area contributed by atoms with Gasteiger partial charge in [-0.05, 0) is 48.5 Å². The van der Waals surface area contributed by atoms with Crippen molar-refractivity contribution in [2.24, 2.45) is 0 Å². The Morgan fingerprint density at radius 3 is 2.75 bits per heavy atom. The van der Waals surface area contributed by atoms with Crippen LogP contribution in [0.5, 0.6) is 5.75 Å². The van der Waals surface area contributed by atoms with E-state index in [0.717, 1.165) is 22.2 Å². The number of amides is 2. The predicted molar refractivity (Wildman–Crippen MR) is 107 cm³/mol. The van der Waals surface area contributed by atoms with Gasteiger partial charge in [0.15, 0.2) is 0 Å². The summed E-state index contributed by atoms with van der Waals surface area (Å²) in [5.74, 6) is 0.177. The number of halogens is 1. The van der Waals surface area contributed by atoms with Crippen LogP contribution in [-0.4, -0.2) is 34.1 Å². The molecule has 144 valence electrons. The summed E-state index contributed by atoms with van der Waals surface area (Å²) in [6.45, 7) is 2.19. The molecule has 0 spiro atoms. The molecule has 0 saturated carbocycles. The van der Waals surface area contributed by atoms with E-state index in [2.05, 4.69) is 0 Å². The van der Waals surface area contributed by atoms with E-state index in [0.29, 0.717) is 11.3 Å². The van der Waals surface area contributed by atoms with Crippen molar-refractivity contribution in [2.75, 3.05) is 13.2 Å². The summed E-state index contributed by atoms with van der Waals surface area (Å²) >= 11 is 6.82. The lowest BCUT2D eigenvalue weighted by Crippen LogP contribution is -2.32. The van der Waals surface area contributed by atoms with Gasteiger partial charge < -0.3 is 4.74 Å². The molecule has 2 aromatic carbocycles. The quantitative estimate of drug-likeness (QED) is 0.384. The number of imide groups is 1. The van der Waals surface area contributed by atoms with E-state index >= 15 is 0 Å². The van der Waals surface area contributed by atoms with E-state index < -0.39 is 16.1 Å². The van der Waals surface area contributed by atoms with Crippen molar-refractivity contribution in [3.63, 3.8) is 0 Å². The van der Waals surface area contributed by atoms with Gasteiger partial charge in [0.1, 0.15) is 12.4 Å². The maximum atomic E-state index is 12.5. The minimum Gasteiger partial charge on any atom is -0.492 e. The average Bonchev–Trinajstić information content (AvgIpc) is 2.91. The van der Waals surface area contributed by atoms with E-state index in [1.807, 2.05) is 25.1 Å². The molecule has 1 heterocycles. The molecule has 0 radical (unpaired) electrons. The average molecular weight is 419 g/mol. The van der Waals surface area contributed by atoms with E-state index in [9.17, 15) is 19.7 Å². The molecule has 0 aromatic heterocycles. The van der Waals surface area contributed by atoms with Crippen LogP contribution >= 0.6 is 23.4 Å². The minimum atomic E-state index is -0.554. The lowest BCUT2D eigenvalue weighted by atomic mass is 10.2. The van der Waals surface area contributed by atoms with Gasteiger partial charge in [0, 0.05) is 22.7 Å². The summed E-state index contributed by atoms with van der Waals surface area (Å²) in [4.78, 5) is 36.3. The number of benzene rings is 2. The SMILES string of the molecule is Cc1cccc(OCCN2C(=O)S/C(=C\c3cc([N+](=O)[O-])ccc3Cl)C2=O)c1. The zero-order valence-corrected chi connectivity index (χ0v) is 16.3. The molecular formula is C19H15ClN2O5S. The van der Waals surface area contributed by atoms with Crippen molar-refractivity contribution in [1.29, 1.82) is 0 Å². The second-order valence-electron chi connectivity index (χ2n) is 5.96. The van der Waals surface area contributed by atoms with Gasteiger partial charge >= 0.3 is 0 Å². The number of nitrogens with zero attached hydrogens (tertiary/aromatic N) is 2. The molecule has 2 aromatic rings. The Hall–Kier alpha value is -2.84. The molecule has 1 aliphatic rings. The molecule has 0 aliphatic carbocycles. The number of nitro benzene ring substituents is 1. The van der Waals surface area contributed by atoms with Crippen molar-refractivity contribution in [3.05, 3.63) is 73.6 Å². The second kappa shape index (κ2) is 8.45. The molecule has 0 atom stereocenters. The number of thioether (sulfide) groups is 1. The fourth-order valence-corrected chi connectivity index (χ4v) is 3.58. The molecule has 0 bridgehead atoms. The molecule has 7 nitrogen and oxygen atoms in total. The Bertz CT molecular complexity index is 992. The highest BCUT2D eigenvalue weighted by molar-refractivity contribution is 8.18. The third-order valence-corrected chi connectivity index (χ3v) is 5.18. The van der Waals surface area contributed by atoms with E-state index in [4.69, 9.17) is 16.3 Å². The van der Waals surface area contributed by atoms with Crippen molar-refractivity contribution in [1.82, 2.24) is 4.90 Å². The maximum Gasteiger partial charge on any atom is 0.293 e. The van der Waals surface area contributed by atoms with Crippen LogP contribution in [-0.2, 0) is 4.79 Å². The first-order chi connectivity index (χ1) is 13.3. The standard InChI is InChI=1S/C19H15ClN2O5S/c1-12-3-2-4-15(9-12)27-8-7-21-18(23)17(28-19(21)24)11-13-10-14(22(25)26)5-6-16(13)20/h2-6,9-11H,7-8H2,1H3/b17-11-. The van der Waals surface area contributed by atoms with Crippen LogP contribution in [0, 0.1) is 17.0 Å². The highest BCUT2D eigenvalue weighted by Gasteiger charge is 2.35. The highest BCUT2D eigenvalue weighted by atomic mass is 35.5. The van der Waals surface area contributed by atoms with Gasteiger partial charge in [0.05, 0.1) is 16.4 Å². The molecule has 3 rings (SSSR count).